The average Bonchev–Trinajstić information content (AvgIpc) is 2.16. The van der Waals surface area contributed by atoms with Gasteiger partial charge in [0.2, 0.25) is 0 Å². The molecule has 0 aliphatic carbocycles. The normalized spacial score (nSPS) is 12.6. The van der Waals surface area contributed by atoms with Gasteiger partial charge in [-0.15, -0.1) is 0 Å². The Hall–Kier alpha value is -0.570. The van der Waals surface area contributed by atoms with Gasteiger partial charge in [-0.05, 0) is 17.5 Å². The van der Waals surface area contributed by atoms with Crippen LogP contribution in [0, 0.1) is 0 Å². The third-order valence-electron chi connectivity index (χ3n) is 2.00. The Morgan fingerprint density at radius 2 is 2.23 bits per heavy atom. The Morgan fingerprint density at radius 1 is 1.54 bits per heavy atom. The fourth-order valence-corrected chi connectivity index (χ4v) is 1.60. The molecule has 13 heavy (non-hydrogen) atoms. The molecule has 0 radical (unpaired) electrons. The summed E-state index contributed by atoms with van der Waals surface area (Å²) in [6.07, 6.45) is 1.83. The van der Waals surface area contributed by atoms with Crippen LogP contribution in [0.2, 0.25) is 0 Å². The molecule has 1 unspecified atom stereocenters. The van der Waals surface area contributed by atoms with Crippen LogP contribution < -0.4 is 4.90 Å². The molecule has 1 heterocycles. The van der Waals surface area contributed by atoms with Crippen LogP contribution in [0.3, 0.4) is 0 Å². The lowest BCUT2D eigenvalue weighted by molar-refractivity contribution is 0.864. The zero-order valence-electron chi connectivity index (χ0n) is 8.29. The summed E-state index contributed by atoms with van der Waals surface area (Å²) in [5, 5.41) is 0.972. The number of pyridine rings is 1. The number of rotatable bonds is 3. The van der Waals surface area contributed by atoms with Crippen molar-refractivity contribution in [2.24, 2.45) is 0 Å². The molecule has 0 saturated heterocycles. The highest BCUT2D eigenvalue weighted by Gasteiger charge is 2.10. The second kappa shape index (κ2) is 4.61. The van der Waals surface area contributed by atoms with E-state index in [-0.39, 0.29) is 0 Å². The molecular weight excluding hydrogens is 228 g/mol. The van der Waals surface area contributed by atoms with Gasteiger partial charge in [0.05, 0.1) is 0 Å². The molecule has 1 aromatic rings. The Morgan fingerprint density at radius 3 is 2.77 bits per heavy atom. The van der Waals surface area contributed by atoms with Crippen molar-refractivity contribution in [3.8, 4) is 0 Å². The maximum atomic E-state index is 4.35. The number of anilines is 1. The van der Waals surface area contributed by atoms with Crippen LogP contribution in [-0.2, 0) is 0 Å². The predicted molar refractivity (Wildman–Crippen MR) is 60.8 cm³/mol. The van der Waals surface area contributed by atoms with Gasteiger partial charge in [-0.25, -0.2) is 4.98 Å². The Labute approximate surface area is 88.1 Å². The minimum Gasteiger partial charge on any atom is -0.363 e. The van der Waals surface area contributed by atoms with Gasteiger partial charge in [0.25, 0.3) is 0 Å². The largest absolute Gasteiger partial charge is 0.363 e. The quantitative estimate of drug-likeness (QED) is 0.758. The van der Waals surface area contributed by atoms with Crippen LogP contribution in [0.1, 0.15) is 18.4 Å². The van der Waals surface area contributed by atoms with Gasteiger partial charge in [0, 0.05) is 25.6 Å². The van der Waals surface area contributed by atoms with Crippen molar-refractivity contribution in [1.29, 1.82) is 0 Å². The number of hydrogen-bond donors (Lipinski definition) is 0. The first-order valence-electron chi connectivity index (χ1n) is 4.35. The van der Waals surface area contributed by atoms with Crippen molar-refractivity contribution in [3.05, 3.63) is 23.9 Å². The highest BCUT2D eigenvalue weighted by molar-refractivity contribution is 9.09. The topological polar surface area (TPSA) is 16.1 Å². The summed E-state index contributed by atoms with van der Waals surface area (Å²) < 4.78 is 0. The summed E-state index contributed by atoms with van der Waals surface area (Å²) in [5.41, 5.74) is 1.30. The lowest BCUT2D eigenvalue weighted by Crippen LogP contribution is -2.14. The summed E-state index contributed by atoms with van der Waals surface area (Å²) in [6, 6.07) is 4.12. The highest BCUT2D eigenvalue weighted by atomic mass is 79.9. The smallest absolute Gasteiger partial charge is 0.131 e. The van der Waals surface area contributed by atoms with Crippen molar-refractivity contribution in [1.82, 2.24) is 4.98 Å². The molecule has 1 aromatic heterocycles. The number of alkyl halides is 1. The highest BCUT2D eigenvalue weighted by Crippen LogP contribution is 2.24. The molecule has 2 nitrogen and oxygen atoms in total. The zero-order chi connectivity index (χ0) is 9.84. The molecule has 0 aliphatic rings. The van der Waals surface area contributed by atoms with E-state index in [9.17, 15) is 0 Å². The van der Waals surface area contributed by atoms with E-state index < -0.39 is 0 Å². The van der Waals surface area contributed by atoms with Gasteiger partial charge in [-0.3, -0.25) is 0 Å². The van der Waals surface area contributed by atoms with Crippen molar-refractivity contribution < 1.29 is 0 Å². The van der Waals surface area contributed by atoms with Crippen LogP contribution in [0.4, 0.5) is 5.82 Å². The van der Waals surface area contributed by atoms with Gasteiger partial charge >= 0.3 is 0 Å². The summed E-state index contributed by atoms with van der Waals surface area (Å²) in [6.45, 7) is 2.19. The first kappa shape index (κ1) is 10.5. The molecule has 0 aromatic carbocycles. The van der Waals surface area contributed by atoms with Crippen molar-refractivity contribution >= 4 is 21.7 Å². The summed E-state index contributed by atoms with van der Waals surface area (Å²) in [5.74, 6) is 1.57. The van der Waals surface area contributed by atoms with Crippen LogP contribution in [0.15, 0.2) is 18.3 Å². The summed E-state index contributed by atoms with van der Waals surface area (Å²) in [7, 11) is 4.04. The lowest BCUT2D eigenvalue weighted by Gasteiger charge is -2.18. The first-order valence-corrected chi connectivity index (χ1v) is 5.47. The Bertz CT molecular complexity index is 273. The molecule has 0 saturated carbocycles. The molecule has 0 N–H and O–H groups in total. The van der Waals surface area contributed by atoms with Gasteiger partial charge < -0.3 is 4.90 Å². The monoisotopic (exact) mass is 242 g/mol. The zero-order valence-corrected chi connectivity index (χ0v) is 9.87. The minimum atomic E-state index is 0.506. The minimum absolute atomic E-state index is 0.506. The van der Waals surface area contributed by atoms with Gasteiger partial charge in [0.15, 0.2) is 0 Å². The molecule has 3 heteroatoms. The molecule has 1 rings (SSSR count). The maximum absolute atomic E-state index is 4.35. The standard InChI is InChI=1S/C10H15BrN2/c1-8(7-11)9-5-4-6-12-10(9)13(2)3/h4-6,8H,7H2,1-3H3. The third-order valence-corrected chi connectivity index (χ3v) is 2.97. The van der Waals surface area contributed by atoms with Crippen LogP contribution in [0.5, 0.6) is 0 Å². The first-order chi connectivity index (χ1) is 6.16. The average molecular weight is 243 g/mol. The lowest BCUT2D eigenvalue weighted by atomic mass is 10.0. The number of nitrogens with zero attached hydrogens (tertiary/aromatic N) is 2. The Kier molecular flexibility index (Phi) is 3.72. The SMILES string of the molecule is CC(CBr)c1cccnc1N(C)C. The van der Waals surface area contributed by atoms with Crippen molar-refractivity contribution in [3.63, 3.8) is 0 Å². The van der Waals surface area contributed by atoms with Crippen LogP contribution >= 0.6 is 15.9 Å². The predicted octanol–water partition coefficient (Wildman–Crippen LogP) is 2.65. The van der Waals surface area contributed by atoms with E-state index in [0.717, 1.165) is 11.1 Å². The number of aromatic nitrogens is 1. The van der Waals surface area contributed by atoms with Crippen molar-refractivity contribution in [2.75, 3.05) is 24.3 Å². The van der Waals surface area contributed by atoms with E-state index in [4.69, 9.17) is 0 Å². The molecule has 72 valence electrons. The van der Waals surface area contributed by atoms with Gasteiger partial charge in [-0.1, -0.05) is 28.9 Å². The molecule has 1 atom stereocenters. The van der Waals surface area contributed by atoms with Crippen molar-refractivity contribution in [2.45, 2.75) is 12.8 Å². The van der Waals surface area contributed by atoms with Gasteiger partial charge in [-0.2, -0.15) is 0 Å². The van der Waals surface area contributed by atoms with E-state index in [1.54, 1.807) is 0 Å². The van der Waals surface area contributed by atoms with E-state index in [1.807, 2.05) is 26.4 Å². The molecule has 0 fully saturated rings. The van der Waals surface area contributed by atoms with E-state index >= 15 is 0 Å². The van der Waals surface area contributed by atoms with Crippen LogP contribution in [-0.4, -0.2) is 24.4 Å². The molecule has 0 aliphatic heterocycles. The molecular formula is C10H15BrN2. The fourth-order valence-electron chi connectivity index (χ4n) is 1.25. The maximum Gasteiger partial charge on any atom is 0.131 e. The second-order valence-electron chi connectivity index (χ2n) is 3.37. The van der Waals surface area contributed by atoms with E-state index in [2.05, 4.69) is 38.8 Å². The number of halogens is 1. The molecule has 0 spiro atoms. The number of hydrogen-bond acceptors (Lipinski definition) is 2. The van der Waals surface area contributed by atoms with E-state index in [1.165, 1.54) is 5.56 Å². The van der Waals surface area contributed by atoms with Crippen LogP contribution in [0.25, 0.3) is 0 Å². The van der Waals surface area contributed by atoms with Gasteiger partial charge in [0.1, 0.15) is 5.82 Å². The Balaban J connectivity index is 3.04. The van der Waals surface area contributed by atoms with E-state index in [0.29, 0.717) is 5.92 Å². The third kappa shape index (κ3) is 2.44. The fraction of sp³-hybridized carbons (Fsp3) is 0.500. The summed E-state index contributed by atoms with van der Waals surface area (Å²) in [4.78, 5) is 6.40. The molecule has 0 bridgehead atoms. The second-order valence-corrected chi connectivity index (χ2v) is 4.01. The molecule has 0 amide bonds. The summed E-state index contributed by atoms with van der Waals surface area (Å²) >= 11 is 3.49.